The second kappa shape index (κ2) is 6.02. The number of carbonyl (C=O) groups excluding carboxylic acids is 1. The van der Waals surface area contributed by atoms with Crippen LogP contribution in [0.15, 0.2) is 12.1 Å². The number of aliphatic hydroxyl groups is 1. The standard InChI is InChI=1S/C14H20N2O7S/c1-14(2)12(17)11(22-13(15)18)7-5-10(21-3)8(6-9(7)23-14)16-24(4,19)20/h5-6,11-12,16-17H,1-4H3,(H2,15,18)/t11-,12?/m0/s1. The van der Waals surface area contributed by atoms with E-state index >= 15 is 0 Å². The molecule has 0 saturated heterocycles. The first-order valence-electron chi connectivity index (χ1n) is 6.97. The van der Waals surface area contributed by atoms with E-state index in [1.807, 2.05) is 0 Å². The minimum absolute atomic E-state index is 0.156. The van der Waals surface area contributed by atoms with Gasteiger partial charge < -0.3 is 25.1 Å². The number of hydrogen-bond acceptors (Lipinski definition) is 7. The number of methoxy groups -OCH3 is 1. The SMILES string of the molecule is COc1cc2c(cc1NS(C)(=O)=O)OC(C)(C)C(O)[C@H]2OC(N)=O. The van der Waals surface area contributed by atoms with Crippen LogP contribution in [0.1, 0.15) is 25.5 Å². The first-order chi connectivity index (χ1) is 10.9. The number of carbonyl (C=O) groups is 1. The van der Waals surface area contributed by atoms with E-state index in [1.54, 1.807) is 13.8 Å². The smallest absolute Gasteiger partial charge is 0.405 e. The molecule has 1 aromatic rings. The van der Waals surface area contributed by atoms with E-state index in [0.717, 1.165) is 6.26 Å². The highest BCUT2D eigenvalue weighted by atomic mass is 32.2. The summed E-state index contributed by atoms with van der Waals surface area (Å²) in [6.07, 6.45) is -2.32. The normalized spacial score (nSPS) is 22.0. The van der Waals surface area contributed by atoms with Gasteiger partial charge in [-0.15, -0.1) is 0 Å². The summed E-state index contributed by atoms with van der Waals surface area (Å²) in [6, 6.07) is 2.83. The Morgan fingerprint density at radius 3 is 2.54 bits per heavy atom. The molecule has 24 heavy (non-hydrogen) atoms. The first-order valence-corrected chi connectivity index (χ1v) is 8.86. The number of aliphatic hydroxyl groups excluding tert-OH is 1. The lowest BCUT2D eigenvalue weighted by Gasteiger charge is -2.41. The fraction of sp³-hybridized carbons (Fsp3) is 0.500. The van der Waals surface area contributed by atoms with E-state index in [1.165, 1.54) is 19.2 Å². The van der Waals surface area contributed by atoms with Crippen molar-refractivity contribution in [2.24, 2.45) is 5.73 Å². The van der Waals surface area contributed by atoms with E-state index in [9.17, 15) is 18.3 Å². The topological polar surface area (TPSA) is 137 Å². The number of rotatable bonds is 4. The van der Waals surface area contributed by atoms with E-state index in [4.69, 9.17) is 19.9 Å². The molecule has 10 heteroatoms. The molecular formula is C14H20N2O7S. The zero-order valence-electron chi connectivity index (χ0n) is 13.7. The molecule has 0 bridgehead atoms. The van der Waals surface area contributed by atoms with Crippen LogP contribution in [0.25, 0.3) is 0 Å². The number of fused-ring (bicyclic) bond motifs is 1. The Morgan fingerprint density at radius 2 is 2.04 bits per heavy atom. The molecule has 2 atom stereocenters. The van der Waals surface area contributed by atoms with Crippen LogP contribution >= 0.6 is 0 Å². The van der Waals surface area contributed by atoms with Crippen molar-refractivity contribution in [2.75, 3.05) is 18.1 Å². The van der Waals surface area contributed by atoms with Gasteiger partial charge in [-0.1, -0.05) is 0 Å². The second-order valence-electron chi connectivity index (χ2n) is 5.97. The van der Waals surface area contributed by atoms with Crippen LogP contribution in [0.3, 0.4) is 0 Å². The lowest BCUT2D eigenvalue weighted by Crippen LogP contribution is -2.50. The monoisotopic (exact) mass is 360 g/mol. The van der Waals surface area contributed by atoms with Gasteiger partial charge in [0.05, 0.1) is 19.1 Å². The van der Waals surface area contributed by atoms with E-state index < -0.39 is 33.9 Å². The van der Waals surface area contributed by atoms with Crippen LogP contribution in [-0.2, 0) is 14.8 Å². The molecule has 0 spiro atoms. The number of sulfonamides is 1. The summed E-state index contributed by atoms with van der Waals surface area (Å²) in [5.74, 6) is 0.413. The summed E-state index contributed by atoms with van der Waals surface area (Å²) in [5, 5.41) is 10.4. The van der Waals surface area contributed by atoms with Gasteiger partial charge in [0.1, 0.15) is 23.2 Å². The molecule has 0 radical (unpaired) electrons. The highest BCUT2D eigenvalue weighted by Crippen LogP contribution is 2.45. The third-order valence-corrected chi connectivity index (χ3v) is 4.14. The molecule has 2 rings (SSSR count). The van der Waals surface area contributed by atoms with Crippen LogP contribution in [0.2, 0.25) is 0 Å². The summed E-state index contributed by atoms with van der Waals surface area (Å²) in [4.78, 5) is 11.2. The maximum Gasteiger partial charge on any atom is 0.405 e. The first kappa shape index (κ1) is 18.1. The molecule has 9 nitrogen and oxygen atoms in total. The number of benzene rings is 1. The predicted molar refractivity (Wildman–Crippen MR) is 85.6 cm³/mol. The Hall–Kier alpha value is -2.20. The van der Waals surface area contributed by atoms with E-state index in [-0.39, 0.29) is 17.2 Å². The van der Waals surface area contributed by atoms with Crippen molar-refractivity contribution in [3.63, 3.8) is 0 Å². The number of anilines is 1. The molecule has 0 fully saturated rings. The van der Waals surface area contributed by atoms with Gasteiger partial charge in [0.15, 0.2) is 6.10 Å². The summed E-state index contributed by atoms with van der Waals surface area (Å²) in [7, 11) is -2.20. The van der Waals surface area contributed by atoms with Crippen LogP contribution in [0, 0.1) is 0 Å². The summed E-state index contributed by atoms with van der Waals surface area (Å²) < 4.78 is 41.2. The molecule has 134 valence electrons. The van der Waals surface area contributed by atoms with Crippen LogP contribution in [-0.4, -0.2) is 44.7 Å². The molecule has 0 aliphatic carbocycles. The average molecular weight is 360 g/mol. The lowest BCUT2D eigenvalue weighted by atomic mass is 9.88. The quantitative estimate of drug-likeness (QED) is 0.720. The Balaban J connectivity index is 2.60. The van der Waals surface area contributed by atoms with Crippen LogP contribution in [0.4, 0.5) is 10.5 Å². The zero-order valence-corrected chi connectivity index (χ0v) is 14.5. The van der Waals surface area contributed by atoms with Gasteiger partial charge in [-0.05, 0) is 19.9 Å². The van der Waals surface area contributed by atoms with Crippen molar-refractivity contribution >= 4 is 21.8 Å². The molecule has 0 saturated carbocycles. The molecule has 1 aromatic carbocycles. The summed E-state index contributed by atoms with van der Waals surface area (Å²) in [6.45, 7) is 3.21. The lowest BCUT2D eigenvalue weighted by molar-refractivity contribution is -0.112. The van der Waals surface area contributed by atoms with Gasteiger partial charge in [-0.2, -0.15) is 0 Å². The van der Waals surface area contributed by atoms with Crippen LogP contribution in [0.5, 0.6) is 11.5 Å². The number of nitrogens with one attached hydrogen (secondary N) is 1. The van der Waals surface area contributed by atoms with Gasteiger partial charge in [0, 0.05) is 11.6 Å². The number of ether oxygens (including phenoxy) is 3. The van der Waals surface area contributed by atoms with Crippen molar-refractivity contribution in [1.82, 2.24) is 0 Å². The fourth-order valence-electron chi connectivity index (χ4n) is 2.47. The van der Waals surface area contributed by atoms with Crippen molar-refractivity contribution in [3.05, 3.63) is 17.7 Å². The molecular weight excluding hydrogens is 340 g/mol. The molecule has 1 heterocycles. The largest absolute Gasteiger partial charge is 0.495 e. The maximum absolute atomic E-state index is 11.5. The highest BCUT2D eigenvalue weighted by Gasteiger charge is 2.45. The van der Waals surface area contributed by atoms with Crippen molar-refractivity contribution in [2.45, 2.75) is 31.7 Å². The van der Waals surface area contributed by atoms with Crippen molar-refractivity contribution in [1.29, 1.82) is 0 Å². The predicted octanol–water partition coefficient (Wildman–Crippen LogP) is 0.735. The van der Waals surface area contributed by atoms with Gasteiger partial charge >= 0.3 is 6.09 Å². The average Bonchev–Trinajstić information content (AvgIpc) is 2.41. The Labute approximate surface area is 139 Å². The summed E-state index contributed by atoms with van der Waals surface area (Å²) in [5.41, 5.74) is 4.46. The second-order valence-corrected chi connectivity index (χ2v) is 7.72. The van der Waals surface area contributed by atoms with Gasteiger partial charge in [0.25, 0.3) is 0 Å². The third-order valence-electron chi connectivity index (χ3n) is 3.55. The highest BCUT2D eigenvalue weighted by molar-refractivity contribution is 7.92. The van der Waals surface area contributed by atoms with Gasteiger partial charge in [0.2, 0.25) is 10.0 Å². The Morgan fingerprint density at radius 1 is 1.42 bits per heavy atom. The van der Waals surface area contributed by atoms with Gasteiger partial charge in [-0.3, -0.25) is 4.72 Å². The maximum atomic E-state index is 11.5. The Bertz CT molecular complexity index is 761. The molecule has 4 N–H and O–H groups in total. The number of hydrogen-bond donors (Lipinski definition) is 3. The van der Waals surface area contributed by atoms with Gasteiger partial charge in [-0.25, -0.2) is 13.2 Å². The number of primary amides is 1. The fourth-order valence-corrected chi connectivity index (χ4v) is 3.03. The number of amides is 1. The molecule has 0 aromatic heterocycles. The van der Waals surface area contributed by atoms with E-state index in [2.05, 4.69) is 4.72 Å². The number of nitrogens with two attached hydrogens (primary N) is 1. The molecule has 1 amide bonds. The third kappa shape index (κ3) is 3.65. The minimum atomic E-state index is -3.55. The minimum Gasteiger partial charge on any atom is -0.495 e. The molecule has 1 aliphatic rings. The summed E-state index contributed by atoms with van der Waals surface area (Å²) >= 11 is 0. The Kier molecular flexibility index (Phi) is 4.55. The van der Waals surface area contributed by atoms with Crippen LogP contribution < -0.4 is 19.9 Å². The van der Waals surface area contributed by atoms with Crippen molar-refractivity contribution in [3.8, 4) is 11.5 Å². The zero-order chi connectivity index (χ0) is 18.3. The molecule has 1 unspecified atom stereocenters. The van der Waals surface area contributed by atoms with Crippen molar-refractivity contribution < 1.29 is 32.5 Å². The van der Waals surface area contributed by atoms with E-state index in [0.29, 0.717) is 5.56 Å². The molecule has 1 aliphatic heterocycles.